The lowest BCUT2D eigenvalue weighted by molar-refractivity contribution is 1.42. The number of hydrogen-bond acceptors (Lipinski definition) is 1. The lowest BCUT2D eigenvalue weighted by atomic mass is 9.94. The summed E-state index contributed by atoms with van der Waals surface area (Å²) in [5.41, 5.74) is 6.19. The number of benzene rings is 2. The minimum absolute atomic E-state index is 0.957. The molecule has 0 saturated heterocycles. The van der Waals surface area contributed by atoms with Crippen LogP contribution in [0.1, 0.15) is 23.6 Å². The highest BCUT2D eigenvalue weighted by Crippen LogP contribution is 2.27. The van der Waals surface area contributed by atoms with Gasteiger partial charge in [-0.2, -0.15) is 0 Å². The summed E-state index contributed by atoms with van der Waals surface area (Å²) < 4.78 is 0. The van der Waals surface area contributed by atoms with Crippen LogP contribution in [0, 0.1) is 13.8 Å². The molecule has 1 heteroatoms. The van der Waals surface area contributed by atoms with Crippen LogP contribution in [-0.2, 0) is 0 Å². The van der Waals surface area contributed by atoms with Gasteiger partial charge in [-0.1, -0.05) is 60.2 Å². The van der Waals surface area contributed by atoms with Crippen LogP contribution in [0.3, 0.4) is 0 Å². The molecule has 0 heterocycles. The first-order valence-corrected chi connectivity index (χ1v) is 6.18. The van der Waals surface area contributed by atoms with Gasteiger partial charge in [-0.05, 0) is 43.0 Å². The average molecular weight is 240 g/mol. The van der Waals surface area contributed by atoms with E-state index in [0.717, 1.165) is 4.86 Å². The maximum absolute atomic E-state index is 5.36. The summed E-state index contributed by atoms with van der Waals surface area (Å²) in [6.45, 7) is 6.21. The summed E-state index contributed by atoms with van der Waals surface area (Å²) in [6, 6.07) is 14.9. The van der Waals surface area contributed by atoms with Crippen molar-refractivity contribution in [3.05, 3.63) is 59.2 Å². The third-order valence-electron chi connectivity index (χ3n) is 2.99. The molecule has 0 spiro atoms. The van der Waals surface area contributed by atoms with Crippen molar-refractivity contribution in [1.82, 2.24) is 0 Å². The molecule has 0 N–H and O–H groups in total. The standard InChI is InChI=1S/C16H16S/c1-11-7-9-14(10-8-11)15-6-4-5-12(2)16(15)13(3)17/h4-10H,1-3H3. The molecule has 0 unspecified atom stereocenters. The predicted octanol–water partition coefficient (Wildman–Crippen LogP) is 4.71. The Kier molecular flexibility index (Phi) is 3.39. The van der Waals surface area contributed by atoms with E-state index in [4.69, 9.17) is 12.2 Å². The second-order valence-corrected chi connectivity index (χ2v) is 5.03. The maximum atomic E-state index is 5.36. The molecule has 0 saturated carbocycles. The Morgan fingerprint density at radius 3 is 2.18 bits per heavy atom. The quantitative estimate of drug-likeness (QED) is 0.541. The van der Waals surface area contributed by atoms with Crippen molar-refractivity contribution in [2.24, 2.45) is 0 Å². The molecule has 0 nitrogen and oxygen atoms in total. The molecular formula is C16H16S. The Labute approximate surface area is 108 Å². The monoisotopic (exact) mass is 240 g/mol. The Hall–Kier alpha value is -1.47. The zero-order valence-corrected chi connectivity index (χ0v) is 11.3. The van der Waals surface area contributed by atoms with E-state index >= 15 is 0 Å². The Balaban J connectivity index is 2.63. The molecule has 0 aliphatic carbocycles. The van der Waals surface area contributed by atoms with E-state index in [1.807, 2.05) is 6.92 Å². The average Bonchev–Trinajstić information content (AvgIpc) is 2.29. The number of thiocarbonyl (C=S) groups is 1. The van der Waals surface area contributed by atoms with Crippen molar-refractivity contribution in [2.75, 3.05) is 0 Å². The number of hydrogen-bond donors (Lipinski definition) is 0. The first-order chi connectivity index (χ1) is 8.09. The van der Waals surface area contributed by atoms with E-state index in [9.17, 15) is 0 Å². The van der Waals surface area contributed by atoms with Crippen molar-refractivity contribution in [2.45, 2.75) is 20.8 Å². The van der Waals surface area contributed by atoms with Crippen molar-refractivity contribution in [1.29, 1.82) is 0 Å². The minimum Gasteiger partial charge on any atom is -0.0845 e. The van der Waals surface area contributed by atoms with Crippen LogP contribution in [0.2, 0.25) is 0 Å². The van der Waals surface area contributed by atoms with Gasteiger partial charge in [-0.3, -0.25) is 0 Å². The molecule has 0 aromatic heterocycles. The summed E-state index contributed by atoms with van der Waals surface area (Å²) >= 11 is 5.36. The minimum atomic E-state index is 0.957. The highest BCUT2D eigenvalue weighted by Gasteiger charge is 2.08. The van der Waals surface area contributed by atoms with Gasteiger partial charge >= 0.3 is 0 Å². The lowest BCUT2D eigenvalue weighted by Gasteiger charge is -2.12. The number of rotatable bonds is 2. The molecule has 0 fully saturated rings. The second kappa shape index (κ2) is 4.80. The molecule has 0 aliphatic rings. The van der Waals surface area contributed by atoms with Crippen molar-refractivity contribution in [3.8, 4) is 11.1 Å². The van der Waals surface area contributed by atoms with Gasteiger partial charge in [0, 0.05) is 4.86 Å². The maximum Gasteiger partial charge on any atom is 0.0202 e. The third-order valence-corrected chi connectivity index (χ3v) is 3.19. The van der Waals surface area contributed by atoms with Gasteiger partial charge in [0.15, 0.2) is 0 Å². The van der Waals surface area contributed by atoms with Crippen LogP contribution in [-0.4, -0.2) is 4.86 Å². The van der Waals surface area contributed by atoms with Gasteiger partial charge < -0.3 is 0 Å². The first-order valence-electron chi connectivity index (χ1n) is 5.77. The SMILES string of the molecule is CC(=S)c1c(C)cccc1-c1ccc(C)cc1. The molecule has 2 aromatic rings. The van der Waals surface area contributed by atoms with Crippen molar-refractivity contribution in [3.63, 3.8) is 0 Å². The molecule has 17 heavy (non-hydrogen) atoms. The smallest absolute Gasteiger partial charge is 0.0202 e. The normalized spacial score (nSPS) is 10.3. The lowest BCUT2D eigenvalue weighted by Crippen LogP contribution is -1.98. The van der Waals surface area contributed by atoms with Gasteiger partial charge in [-0.25, -0.2) is 0 Å². The van der Waals surface area contributed by atoms with E-state index in [1.54, 1.807) is 0 Å². The van der Waals surface area contributed by atoms with Gasteiger partial charge in [0.2, 0.25) is 0 Å². The van der Waals surface area contributed by atoms with Crippen LogP contribution in [0.4, 0.5) is 0 Å². The van der Waals surface area contributed by atoms with Crippen LogP contribution < -0.4 is 0 Å². The van der Waals surface area contributed by atoms with E-state index in [1.165, 1.54) is 27.8 Å². The highest BCUT2D eigenvalue weighted by molar-refractivity contribution is 7.80. The Bertz CT molecular complexity index is 550. The summed E-state index contributed by atoms with van der Waals surface area (Å²) in [4.78, 5) is 0.957. The summed E-state index contributed by atoms with van der Waals surface area (Å²) in [6.07, 6.45) is 0. The van der Waals surface area contributed by atoms with E-state index in [-0.39, 0.29) is 0 Å². The molecule has 0 amide bonds. The zero-order valence-electron chi connectivity index (χ0n) is 10.4. The molecule has 2 aromatic carbocycles. The van der Waals surface area contributed by atoms with E-state index in [0.29, 0.717) is 0 Å². The fourth-order valence-corrected chi connectivity index (χ4v) is 2.38. The van der Waals surface area contributed by atoms with Crippen LogP contribution >= 0.6 is 12.2 Å². The predicted molar refractivity (Wildman–Crippen MR) is 78.7 cm³/mol. The molecule has 0 aliphatic heterocycles. The van der Waals surface area contributed by atoms with Gasteiger partial charge in [-0.15, -0.1) is 0 Å². The Morgan fingerprint density at radius 2 is 1.59 bits per heavy atom. The van der Waals surface area contributed by atoms with Gasteiger partial charge in [0.1, 0.15) is 0 Å². The molecule has 0 bridgehead atoms. The molecular weight excluding hydrogens is 224 g/mol. The number of aryl methyl sites for hydroxylation is 2. The van der Waals surface area contributed by atoms with Gasteiger partial charge in [0.05, 0.1) is 0 Å². The highest BCUT2D eigenvalue weighted by atomic mass is 32.1. The Morgan fingerprint density at radius 1 is 0.941 bits per heavy atom. The third kappa shape index (κ3) is 2.45. The largest absolute Gasteiger partial charge is 0.0845 e. The van der Waals surface area contributed by atoms with Crippen molar-refractivity contribution < 1.29 is 0 Å². The van der Waals surface area contributed by atoms with Gasteiger partial charge in [0.25, 0.3) is 0 Å². The molecule has 0 radical (unpaired) electrons. The summed E-state index contributed by atoms with van der Waals surface area (Å²) in [5, 5.41) is 0. The van der Waals surface area contributed by atoms with E-state index in [2.05, 4.69) is 56.3 Å². The van der Waals surface area contributed by atoms with Crippen LogP contribution in [0.5, 0.6) is 0 Å². The van der Waals surface area contributed by atoms with Crippen molar-refractivity contribution >= 4 is 17.1 Å². The van der Waals surface area contributed by atoms with Crippen LogP contribution in [0.25, 0.3) is 11.1 Å². The summed E-state index contributed by atoms with van der Waals surface area (Å²) in [5.74, 6) is 0. The molecule has 0 atom stereocenters. The topological polar surface area (TPSA) is 0 Å². The summed E-state index contributed by atoms with van der Waals surface area (Å²) in [7, 11) is 0. The molecule has 86 valence electrons. The van der Waals surface area contributed by atoms with E-state index < -0.39 is 0 Å². The molecule has 2 rings (SSSR count). The second-order valence-electron chi connectivity index (χ2n) is 4.42. The van der Waals surface area contributed by atoms with Crippen LogP contribution in [0.15, 0.2) is 42.5 Å². The zero-order chi connectivity index (χ0) is 12.4. The fraction of sp³-hybridized carbons (Fsp3) is 0.188. The first kappa shape index (κ1) is 12.0. The fourth-order valence-electron chi connectivity index (χ4n) is 2.11.